The second-order valence-electron chi connectivity index (χ2n) is 9.47. The molecule has 5 rings (SSSR count). The third-order valence-corrected chi connectivity index (χ3v) is 8.28. The van der Waals surface area contributed by atoms with E-state index in [1.807, 2.05) is 0 Å². The van der Waals surface area contributed by atoms with Crippen LogP contribution in [0.5, 0.6) is 5.75 Å². The summed E-state index contributed by atoms with van der Waals surface area (Å²) in [5.74, 6) is -0.268. The van der Waals surface area contributed by atoms with Crippen LogP contribution in [0.2, 0.25) is 0 Å². The molecule has 1 fully saturated rings. The Bertz CT molecular complexity index is 1660. The topological polar surface area (TPSA) is 123 Å². The summed E-state index contributed by atoms with van der Waals surface area (Å²) in [7, 11) is 4.63. The van der Waals surface area contributed by atoms with E-state index in [-0.39, 0.29) is 38.6 Å². The summed E-state index contributed by atoms with van der Waals surface area (Å²) in [6, 6.07) is 3.43. The van der Waals surface area contributed by atoms with Crippen molar-refractivity contribution < 1.29 is 23.4 Å². The van der Waals surface area contributed by atoms with Crippen LogP contribution < -0.4 is 16.0 Å². The van der Waals surface area contributed by atoms with Gasteiger partial charge < -0.3 is 19.1 Å². The van der Waals surface area contributed by atoms with E-state index in [0.717, 1.165) is 4.57 Å². The van der Waals surface area contributed by atoms with Gasteiger partial charge in [0.25, 0.3) is 5.56 Å². The first kappa shape index (κ1) is 27.7. The minimum absolute atomic E-state index is 0.0272. The van der Waals surface area contributed by atoms with Gasteiger partial charge in [0.05, 0.1) is 50.7 Å². The first-order chi connectivity index (χ1) is 19.2. The summed E-state index contributed by atoms with van der Waals surface area (Å²) < 4.78 is 33.7. The number of aromatic nitrogens is 5. The van der Waals surface area contributed by atoms with E-state index in [1.54, 1.807) is 14.0 Å². The van der Waals surface area contributed by atoms with Gasteiger partial charge in [-0.3, -0.25) is 18.7 Å². The highest BCUT2D eigenvalue weighted by molar-refractivity contribution is 7.21. The number of thiophene rings is 1. The molecule has 0 saturated carbocycles. The molecule has 40 heavy (non-hydrogen) atoms. The molecule has 1 aliphatic heterocycles. The van der Waals surface area contributed by atoms with E-state index in [2.05, 4.69) is 10.2 Å². The van der Waals surface area contributed by atoms with Crippen molar-refractivity contribution in [2.24, 2.45) is 0 Å². The molecule has 1 saturated heterocycles. The van der Waals surface area contributed by atoms with Gasteiger partial charge in [0.2, 0.25) is 5.91 Å². The predicted octanol–water partition coefficient (Wildman–Crippen LogP) is 2.07. The number of carbonyl (C=O) groups excluding carboxylic acids is 1. The van der Waals surface area contributed by atoms with Gasteiger partial charge in [-0.2, -0.15) is 10.2 Å². The molecule has 0 bridgehead atoms. The van der Waals surface area contributed by atoms with Crippen LogP contribution in [0.3, 0.4) is 0 Å². The van der Waals surface area contributed by atoms with E-state index < -0.39 is 29.2 Å². The fraction of sp³-hybridized carbons (Fsp3) is 0.423. The third-order valence-electron chi connectivity index (χ3n) is 7.00. The number of nitrogens with zero attached hydrogens (tertiary/aromatic N) is 6. The quantitative estimate of drug-likeness (QED) is 0.265. The number of ether oxygens (including phenoxy) is 3. The molecule has 0 N–H and O–H groups in total. The number of rotatable bonds is 10. The van der Waals surface area contributed by atoms with Crippen LogP contribution in [0.1, 0.15) is 29.7 Å². The van der Waals surface area contributed by atoms with E-state index in [4.69, 9.17) is 14.2 Å². The van der Waals surface area contributed by atoms with Crippen LogP contribution >= 0.6 is 11.3 Å². The maximum Gasteiger partial charge on any atom is 0.332 e. The molecular formula is C26H29FN6O6S. The molecule has 0 radical (unpaired) electrons. The number of benzene rings is 1. The molecule has 4 aromatic rings. The van der Waals surface area contributed by atoms with Crippen LogP contribution in [0.25, 0.3) is 15.2 Å². The Kier molecular flexibility index (Phi) is 7.83. The van der Waals surface area contributed by atoms with Crippen molar-refractivity contribution in [3.63, 3.8) is 0 Å². The Hall–Kier alpha value is -3.88. The fourth-order valence-electron chi connectivity index (χ4n) is 5.00. The third kappa shape index (κ3) is 4.93. The van der Waals surface area contributed by atoms with Crippen molar-refractivity contribution in [1.82, 2.24) is 29.0 Å². The van der Waals surface area contributed by atoms with Gasteiger partial charge in [0, 0.05) is 38.2 Å². The zero-order valence-electron chi connectivity index (χ0n) is 22.5. The number of methoxy groups -OCH3 is 2. The van der Waals surface area contributed by atoms with E-state index in [9.17, 15) is 18.8 Å². The van der Waals surface area contributed by atoms with Gasteiger partial charge in [0.15, 0.2) is 0 Å². The van der Waals surface area contributed by atoms with E-state index in [1.165, 1.54) is 70.4 Å². The summed E-state index contributed by atoms with van der Waals surface area (Å²) in [4.78, 5) is 43.6. The standard InChI is InChI=1S/C26H29FN6O6S/c1-15-22-23(35)32(17-12-21(34)30(2)13-17)26(36)31(25(22)40-24(15)33-28-7-8-29-33)14-20(39-10-9-37-3)18-11-16(27)5-6-19(18)38-4/h5-8,11,17,20H,9-10,12-14H2,1-4H3/t17?,20-/m0/s1. The second kappa shape index (κ2) is 11.3. The molecule has 212 valence electrons. The van der Waals surface area contributed by atoms with Crippen molar-refractivity contribution in [1.29, 1.82) is 0 Å². The van der Waals surface area contributed by atoms with Crippen molar-refractivity contribution in [2.45, 2.75) is 32.0 Å². The smallest absolute Gasteiger partial charge is 0.332 e. The molecule has 4 heterocycles. The minimum atomic E-state index is -0.839. The first-order valence-corrected chi connectivity index (χ1v) is 13.4. The van der Waals surface area contributed by atoms with Crippen LogP contribution in [-0.4, -0.2) is 76.0 Å². The number of hydrogen-bond donors (Lipinski definition) is 0. The maximum atomic E-state index is 14.4. The average Bonchev–Trinajstić information content (AvgIpc) is 3.65. The normalized spacial score (nSPS) is 16.3. The number of halogens is 1. The highest BCUT2D eigenvalue weighted by atomic mass is 32.1. The van der Waals surface area contributed by atoms with E-state index >= 15 is 0 Å². The Balaban J connectivity index is 1.74. The van der Waals surface area contributed by atoms with Gasteiger partial charge in [-0.1, -0.05) is 11.3 Å². The van der Waals surface area contributed by atoms with Gasteiger partial charge in [-0.15, -0.1) is 4.80 Å². The van der Waals surface area contributed by atoms with Crippen LogP contribution in [0.15, 0.2) is 40.2 Å². The Morgan fingerprint density at radius 2 is 1.90 bits per heavy atom. The molecule has 3 aromatic heterocycles. The number of likely N-dealkylation sites (N-methyl/N-ethyl adjacent to an activating group) is 1. The van der Waals surface area contributed by atoms with Crippen LogP contribution in [0, 0.1) is 12.7 Å². The monoisotopic (exact) mass is 572 g/mol. The number of likely N-dealkylation sites (tertiary alicyclic amines) is 1. The van der Waals surface area contributed by atoms with Gasteiger partial charge >= 0.3 is 5.69 Å². The molecule has 0 aliphatic carbocycles. The maximum absolute atomic E-state index is 14.4. The molecule has 1 amide bonds. The summed E-state index contributed by atoms with van der Waals surface area (Å²) >= 11 is 1.19. The lowest BCUT2D eigenvalue weighted by Crippen LogP contribution is -2.43. The van der Waals surface area contributed by atoms with Gasteiger partial charge in [0.1, 0.15) is 27.5 Å². The SMILES string of the molecule is COCCO[C@@H](Cn1c(=O)n(C2CC(=O)N(C)C2)c(=O)c2c(C)c(-n3nccn3)sc21)c1cc(F)ccc1OC. The lowest BCUT2D eigenvalue weighted by atomic mass is 10.1. The Morgan fingerprint density at radius 1 is 1.15 bits per heavy atom. The molecule has 0 spiro atoms. The largest absolute Gasteiger partial charge is 0.496 e. The summed E-state index contributed by atoms with van der Waals surface area (Å²) in [5.41, 5.74) is -0.0878. The number of amides is 1. The van der Waals surface area contributed by atoms with Crippen molar-refractivity contribution >= 4 is 27.5 Å². The van der Waals surface area contributed by atoms with Crippen LogP contribution in [0.4, 0.5) is 4.39 Å². The average molecular weight is 573 g/mol. The summed E-state index contributed by atoms with van der Waals surface area (Å²) in [5, 5.41) is 9.31. The molecule has 12 nitrogen and oxygen atoms in total. The molecular weight excluding hydrogens is 543 g/mol. The van der Waals surface area contributed by atoms with Gasteiger partial charge in [-0.25, -0.2) is 9.18 Å². The Morgan fingerprint density at radius 3 is 2.55 bits per heavy atom. The van der Waals surface area contributed by atoms with Crippen molar-refractivity contribution in [2.75, 3.05) is 41.0 Å². The fourth-order valence-corrected chi connectivity index (χ4v) is 6.22. The number of carbonyl (C=O) groups is 1. The Labute approximate surface area is 232 Å². The number of aryl methyl sites for hydroxylation is 1. The molecule has 1 aliphatic rings. The second-order valence-corrected chi connectivity index (χ2v) is 10.4. The van der Waals surface area contributed by atoms with Gasteiger partial charge in [-0.05, 0) is 25.1 Å². The summed E-state index contributed by atoms with van der Waals surface area (Å²) in [6.07, 6.45) is 2.23. The number of hydrogen-bond acceptors (Lipinski definition) is 9. The predicted molar refractivity (Wildman–Crippen MR) is 145 cm³/mol. The first-order valence-electron chi connectivity index (χ1n) is 12.6. The zero-order chi connectivity index (χ0) is 28.6. The number of fused-ring (bicyclic) bond motifs is 1. The van der Waals surface area contributed by atoms with Crippen molar-refractivity contribution in [3.8, 4) is 10.8 Å². The van der Waals surface area contributed by atoms with E-state index in [0.29, 0.717) is 32.1 Å². The summed E-state index contributed by atoms with van der Waals surface area (Å²) in [6.45, 7) is 2.35. The highest BCUT2D eigenvalue weighted by Crippen LogP contribution is 2.34. The lowest BCUT2D eigenvalue weighted by molar-refractivity contribution is -0.126. The van der Waals surface area contributed by atoms with Crippen molar-refractivity contribution in [3.05, 3.63) is 68.4 Å². The minimum Gasteiger partial charge on any atom is -0.496 e. The molecule has 14 heteroatoms. The molecule has 1 aromatic carbocycles. The molecule has 1 unspecified atom stereocenters. The van der Waals surface area contributed by atoms with Crippen LogP contribution in [-0.2, 0) is 20.8 Å². The highest BCUT2D eigenvalue weighted by Gasteiger charge is 2.33. The molecule has 2 atom stereocenters. The lowest BCUT2D eigenvalue weighted by Gasteiger charge is -2.23. The zero-order valence-corrected chi connectivity index (χ0v) is 23.3.